The summed E-state index contributed by atoms with van der Waals surface area (Å²) in [6, 6.07) is 17.1. The van der Waals surface area contributed by atoms with Gasteiger partial charge in [-0.15, -0.1) is 0 Å². The molecule has 6 nitrogen and oxygen atoms in total. The molecule has 128 valence electrons. The van der Waals surface area contributed by atoms with Crippen molar-refractivity contribution < 1.29 is 5.21 Å². The number of benzene rings is 2. The summed E-state index contributed by atoms with van der Waals surface area (Å²) in [6.07, 6.45) is 3.36. The zero-order valence-electron chi connectivity index (χ0n) is 14.0. The molecule has 2 N–H and O–H groups in total. The van der Waals surface area contributed by atoms with Gasteiger partial charge in [-0.2, -0.15) is 0 Å². The van der Waals surface area contributed by atoms with E-state index in [1.54, 1.807) is 25.5 Å². The number of oxime groups is 1. The van der Waals surface area contributed by atoms with Gasteiger partial charge in [0.05, 0.1) is 16.7 Å². The summed E-state index contributed by atoms with van der Waals surface area (Å²) < 4.78 is 1.96. The third-order valence-corrected chi connectivity index (χ3v) is 4.37. The van der Waals surface area contributed by atoms with Crippen molar-refractivity contribution in [2.24, 2.45) is 5.16 Å². The first-order valence-electron chi connectivity index (χ1n) is 8.12. The summed E-state index contributed by atoms with van der Waals surface area (Å²) in [5, 5.41) is 12.2. The molecule has 0 atom stereocenters. The van der Waals surface area contributed by atoms with Gasteiger partial charge in [0.25, 0.3) is 5.56 Å². The number of nitrogens with one attached hydrogen (secondary N) is 1. The minimum Gasteiger partial charge on any atom is -0.411 e. The van der Waals surface area contributed by atoms with E-state index in [2.05, 4.69) is 15.1 Å². The van der Waals surface area contributed by atoms with Gasteiger partial charge >= 0.3 is 0 Å². The number of aromatic nitrogens is 3. The predicted octanol–water partition coefficient (Wildman–Crippen LogP) is 3.58. The van der Waals surface area contributed by atoms with Crippen LogP contribution in [0.15, 0.2) is 77.1 Å². The Balaban J connectivity index is 1.83. The SMILES string of the molecule is CC(=NO)c1ccc2c(c1)ncn2-c1cccc(-c2ccc[nH]c2=O)c1. The zero-order valence-corrected chi connectivity index (χ0v) is 14.0. The second-order valence-corrected chi connectivity index (χ2v) is 5.97. The fourth-order valence-corrected chi connectivity index (χ4v) is 2.97. The molecule has 2 aromatic heterocycles. The largest absolute Gasteiger partial charge is 0.411 e. The quantitative estimate of drug-likeness (QED) is 0.338. The van der Waals surface area contributed by atoms with E-state index in [-0.39, 0.29) is 5.56 Å². The standard InChI is InChI=1S/C20H16N4O2/c1-13(23-26)14-7-8-19-18(11-14)22-12-24(19)16-5-2-4-15(10-16)17-6-3-9-21-20(17)25/h2-12,26H,1H3,(H,21,25). The van der Waals surface area contributed by atoms with Crippen LogP contribution in [0.25, 0.3) is 27.8 Å². The molecule has 0 fully saturated rings. The minimum atomic E-state index is -0.122. The highest BCUT2D eigenvalue weighted by Gasteiger charge is 2.09. The molecule has 2 aromatic carbocycles. The van der Waals surface area contributed by atoms with Crippen LogP contribution in [-0.2, 0) is 0 Å². The van der Waals surface area contributed by atoms with Crippen molar-refractivity contribution >= 4 is 16.7 Å². The van der Waals surface area contributed by atoms with E-state index in [0.717, 1.165) is 27.8 Å². The summed E-state index contributed by atoms with van der Waals surface area (Å²) in [5.74, 6) is 0. The smallest absolute Gasteiger partial charge is 0.255 e. The summed E-state index contributed by atoms with van der Waals surface area (Å²) in [6.45, 7) is 1.74. The lowest BCUT2D eigenvalue weighted by molar-refractivity contribution is 0.319. The lowest BCUT2D eigenvalue weighted by Crippen LogP contribution is -2.07. The van der Waals surface area contributed by atoms with Crippen LogP contribution in [-0.4, -0.2) is 25.5 Å². The third kappa shape index (κ3) is 2.67. The van der Waals surface area contributed by atoms with Gasteiger partial charge in [-0.05, 0) is 48.9 Å². The van der Waals surface area contributed by atoms with E-state index in [9.17, 15) is 4.79 Å². The topological polar surface area (TPSA) is 83.3 Å². The van der Waals surface area contributed by atoms with Gasteiger partial charge in [-0.1, -0.05) is 23.4 Å². The second-order valence-electron chi connectivity index (χ2n) is 5.97. The lowest BCUT2D eigenvalue weighted by Gasteiger charge is -2.07. The predicted molar refractivity (Wildman–Crippen MR) is 101 cm³/mol. The van der Waals surface area contributed by atoms with Gasteiger partial charge in [-0.25, -0.2) is 4.98 Å². The first kappa shape index (κ1) is 15.8. The maximum Gasteiger partial charge on any atom is 0.255 e. The number of rotatable bonds is 3. The van der Waals surface area contributed by atoms with Crippen molar-refractivity contribution in [2.75, 3.05) is 0 Å². The molecule has 0 bridgehead atoms. The first-order chi connectivity index (χ1) is 12.7. The van der Waals surface area contributed by atoms with Crippen molar-refractivity contribution in [3.63, 3.8) is 0 Å². The molecule has 4 rings (SSSR count). The number of aromatic amines is 1. The molecule has 0 aliphatic heterocycles. The number of hydrogen-bond donors (Lipinski definition) is 2. The third-order valence-electron chi connectivity index (χ3n) is 4.37. The highest BCUT2D eigenvalue weighted by atomic mass is 16.4. The Bertz CT molecular complexity index is 1190. The molecule has 0 aliphatic carbocycles. The monoisotopic (exact) mass is 344 g/mol. The summed E-state index contributed by atoms with van der Waals surface area (Å²) in [7, 11) is 0. The molecule has 0 saturated heterocycles. The van der Waals surface area contributed by atoms with E-state index in [0.29, 0.717) is 11.3 Å². The average Bonchev–Trinajstić information content (AvgIpc) is 3.11. The van der Waals surface area contributed by atoms with Crippen LogP contribution in [0.3, 0.4) is 0 Å². The first-order valence-corrected chi connectivity index (χ1v) is 8.12. The van der Waals surface area contributed by atoms with Crippen LogP contribution >= 0.6 is 0 Å². The van der Waals surface area contributed by atoms with Crippen LogP contribution in [0.5, 0.6) is 0 Å². The van der Waals surface area contributed by atoms with Crippen molar-refractivity contribution in [2.45, 2.75) is 6.92 Å². The van der Waals surface area contributed by atoms with Crippen molar-refractivity contribution in [3.05, 3.63) is 83.0 Å². The number of pyridine rings is 1. The second kappa shape index (κ2) is 6.33. The van der Waals surface area contributed by atoms with Gasteiger partial charge < -0.3 is 10.2 Å². The molecule has 0 unspecified atom stereocenters. The molecule has 0 aliphatic rings. The summed E-state index contributed by atoms with van der Waals surface area (Å²) >= 11 is 0. The maximum atomic E-state index is 12.1. The van der Waals surface area contributed by atoms with Gasteiger partial charge in [0.1, 0.15) is 6.33 Å². The normalized spacial score (nSPS) is 11.8. The van der Waals surface area contributed by atoms with Crippen LogP contribution < -0.4 is 5.56 Å². The number of nitrogens with zero attached hydrogens (tertiary/aromatic N) is 3. The fraction of sp³-hybridized carbons (Fsp3) is 0.0500. The van der Waals surface area contributed by atoms with Crippen molar-refractivity contribution in [3.8, 4) is 16.8 Å². The number of H-pyrrole nitrogens is 1. The van der Waals surface area contributed by atoms with E-state index >= 15 is 0 Å². The van der Waals surface area contributed by atoms with Crippen molar-refractivity contribution in [1.29, 1.82) is 0 Å². The van der Waals surface area contributed by atoms with E-state index in [1.165, 1.54) is 0 Å². The molecule has 2 heterocycles. The average molecular weight is 344 g/mol. The lowest BCUT2D eigenvalue weighted by atomic mass is 10.1. The number of fused-ring (bicyclic) bond motifs is 1. The van der Waals surface area contributed by atoms with Gasteiger partial charge in [0, 0.05) is 23.0 Å². The Morgan fingerprint density at radius 3 is 2.85 bits per heavy atom. The molecule has 0 spiro atoms. The zero-order chi connectivity index (χ0) is 18.1. The van der Waals surface area contributed by atoms with Crippen LogP contribution in [0.4, 0.5) is 0 Å². The molecule has 4 aromatic rings. The molecular formula is C20H16N4O2. The van der Waals surface area contributed by atoms with Crippen LogP contribution in [0.1, 0.15) is 12.5 Å². The van der Waals surface area contributed by atoms with Gasteiger partial charge in [0.15, 0.2) is 0 Å². The molecule has 6 heteroatoms. The maximum absolute atomic E-state index is 12.1. The Kier molecular flexibility index (Phi) is 3.85. The number of imidazole rings is 1. The molecule has 0 saturated carbocycles. The Morgan fingerprint density at radius 1 is 1.15 bits per heavy atom. The van der Waals surface area contributed by atoms with E-state index in [4.69, 9.17) is 5.21 Å². The Morgan fingerprint density at radius 2 is 2.04 bits per heavy atom. The highest BCUT2D eigenvalue weighted by Crippen LogP contribution is 2.23. The summed E-state index contributed by atoms with van der Waals surface area (Å²) in [4.78, 5) is 19.2. The fourth-order valence-electron chi connectivity index (χ4n) is 2.97. The van der Waals surface area contributed by atoms with E-state index in [1.807, 2.05) is 53.1 Å². The Labute approximate surface area is 149 Å². The van der Waals surface area contributed by atoms with Crippen LogP contribution in [0, 0.1) is 0 Å². The van der Waals surface area contributed by atoms with Crippen molar-refractivity contribution in [1.82, 2.24) is 14.5 Å². The minimum absolute atomic E-state index is 0.122. The molecule has 0 amide bonds. The number of hydrogen-bond acceptors (Lipinski definition) is 4. The molecule has 26 heavy (non-hydrogen) atoms. The highest BCUT2D eigenvalue weighted by molar-refractivity contribution is 6.00. The van der Waals surface area contributed by atoms with E-state index < -0.39 is 0 Å². The van der Waals surface area contributed by atoms with Crippen LogP contribution in [0.2, 0.25) is 0 Å². The Hall–Kier alpha value is -3.67. The van der Waals surface area contributed by atoms with Gasteiger partial charge in [0.2, 0.25) is 0 Å². The molecule has 0 radical (unpaired) electrons. The van der Waals surface area contributed by atoms with Gasteiger partial charge in [-0.3, -0.25) is 9.36 Å². The summed E-state index contributed by atoms with van der Waals surface area (Å²) in [5.41, 5.74) is 5.33. The molecular weight excluding hydrogens is 328 g/mol.